The van der Waals surface area contributed by atoms with Crippen molar-refractivity contribution < 1.29 is 4.74 Å². The summed E-state index contributed by atoms with van der Waals surface area (Å²) in [5, 5.41) is 2.11. The van der Waals surface area contributed by atoms with Gasteiger partial charge in [0, 0.05) is 16.5 Å². The number of aryl methyl sites for hydroxylation is 1. The second-order valence-electron chi connectivity index (χ2n) is 4.31. The fourth-order valence-electron chi connectivity index (χ4n) is 2.13. The van der Waals surface area contributed by atoms with Crippen LogP contribution in [0.2, 0.25) is 0 Å². The molecular formula is C15H20N2OS. The lowest BCUT2D eigenvalue weighted by atomic mass is 10.0. The van der Waals surface area contributed by atoms with E-state index in [2.05, 4.69) is 29.0 Å². The van der Waals surface area contributed by atoms with E-state index in [1.807, 2.05) is 25.1 Å². The Morgan fingerprint density at radius 2 is 2.11 bits per heavy atom. The van der Waals surface area contributed by atoms with Gasteiger partial charge in [-0.25, -0.2) is 0 Å². The molecule has 0 aliphatic rings. The smallest absolute Gasteiger partial charge is 0.124 e. The van der Waals surface area contributed by atoms with Crippen LogP contribution in [-0.2, 0) is 6.42 Å². The molecule has 0 saturated carbocycles. The molecule has 0 fully saturated rings. The molecule has 0 saturated heterocycles. The molecule has 0 radical (unpaired) electrons. The van der Waals surface area contributed by atoms with Gasteiger partial charge in [-0.2, -0.15) is 0 Å². The van der Waals surface area contributed by atoms with Crippen molar-refractivity contribution >= 4 is 11.3 Å². The van der Waals surface area contributed by atoms with E-state index in [-0.39, 0.29) is 6.04 Å². The van der Waals surface area contributed by atoms with Crippen LogP contribution in [0.3, 0.4) is 0 Å². The van der Waals surface area contributed by atoms with E-state index in [9.17, 15) is 0 Å². The summed E-state index contributed by atoms with van der Waals surface area (Å²) in [6.45, 7) is 2.66. The van der Waals surface area contributed by atoms with Crippen LogP contribution in [0.15, 0.2) is 41.8 Å². The first-order valence-corrected chi connectivity index (χ1v) is 7.43. The van der Waals surface area contributed by atoms with Gasteiger partial charge in [-0.1, -0.05) is 24.3 Å². The average Bonchev–Trinajstić information content (AvgIpc) is 2.95. The van der Waals surface area contributed by atoms with Gasteiger partial charge in [0.25, 0.3) is 0 Å². The van der Waals surface area contributed by atoms with Crippen LogP contribution in [-0.4, -0.2) is 6.61 Å². The van der Waals surface area contributed by atoms with E-state index < -0.39 is 0 Å². The van der Waals surface area contributed by atoms with Gasteiger partial charge in [0.1, 0.15) is 5.75 Å². The number of para-hydroxylation sites is 1. The quantitative estimate of drug-likeness (QED) is 0.602. The normalized spacial score (nSPS) is 12.3. The molecule has 1 atom stereocenters. The predicted molar refractivity (Wildman–Crippen MR) is 80.3 cm³/mol. The highest BCUT2D eigenvalue weighted by Crippen LogP contribution is 2.28. The summed E-state index contributed by atoms with van der Waals surface area (Å²) >= 11 is 1.79. The molecule has 3 N–H and O–H groups in total. The van der Waals surface area contributed by atoms with E-state index in [1.165, 1.54) is 4.88 Å². The third-order valence-corrected chi connectivity index (χ3v) is 3.99. The molecule has 2 aromatic rings. The van der Waals surface area contributed by atoms with Crippen LogP contribution in [0.5, 0.6) is 5.75 Å². The lowest BCUT2D eigenvalue weighted by molar-refractivity contribution is 0.330. The van der Waals surface area contributed by atoms with Gasteiger partial charge >= 0.3 is 0 Å². The Bertz CT molecular complexity index is 485. The maximum atomic E-state index is 5.71. The van der Waals surface area contributed by atoms with Crippen molar-refractivity contribution in [2.24, 2.45) is 5.84 Å². The molecule has 3 nitrogen and oxygen atoms in total. The minimum absolute atomic E-state index is 0.116. The summed E-state index contributed by atoms with van der Waals surface area (Å²) in [5.74, 6) is 6.62. The minimum Gasteiger partial charge on any atom is -0.494 e. The molecule has 1 heterocycles. The Labute approximate surface area is 118 Å². The highest BCUT2D eigenvalue weighted by Gasteiger charge is 2.14. The fourth-order valence-corrected chi connectivity index (χ4v) is 2.85. The number of nitrogens with one attached hydrogen (secondary N) is 1. The standard InChI is InChI=1S/C15H20N2OS/c1-2-18-15-8-4-3-7-13(15)14(17-16)10-9-12-6-5-11-19-12/h3-8,11,14,17H,2,9-10,16H2,1H3. The molecule has 4 heteroatoms. The molecular weight excluding hydrogens is 256 g/mol. The van der Waals surface area contributed by atoms with Gasteiger partial charge in [-0.15, -0.1) is 11.3 Å². The molecule has 19 heavy (non-hydrogen) atoms. The zero-order chi connectivity index (χ0) is 13.5. The van der Waals surface area contributed by atoms with Crippen molar-refractivity contribution in [3.8, 4) is 5.75 Å². The van der Waals surface area contributed by atoms with Crippen molar-refractivity contribution in [2.45, 2.75) is 25.8 Å². The third kappa shape index (κ3) is 3.80. The number of hydrogen-bond donors (Lipinski definition) is 2. The summed E-state index contributed by atoms with van der Waals surface area (Å²) in [7, 11) is 0. The Balaban J connectivity index is 2.08. The molecule has 0 spiro atoms. The van der Waals surface area contributed by atoms with E-state index in [4.69, 9.17) is 10.6 Å². The first-order valence-electron chi connectivity index (χ1n) is 6.55. The number of hydrazine groups is 1. The van der Waals surface area contributed by atoms with Crippen LogP contribution in [0.4, 0.5) is 0 Å². The van der Waals surface area contributed by atoms with Crippen LogP contribution in [0.25, 0.3) is 0 Å². The van der Waals surface area contributed by atoms with Gasteiger partial charge in [0.15, 0.2) is 0 Å². The summed E-state index contributed by atoms with van der Waals surface area (Å²) < 4.78 is 5.66. The van der Waals surface area contributed by atoms with E-state index >= 15 is 0 Å². The highest BCUT2D eigenvalue weighted by molar-refractivity contribution is 7.09. The Morgan fingerprint density at radius 3 is 2.79 bits per heavy atom. The van der Waals surface area contributed by atoms with E-state index in [0.29, 0.717) is 6.61 Å². The van der Waals surface area contributed by atoms with Crippen LogP contribution in [0.1, 0.15) is 29.8 Å². The van der Waals surface area contributed by atoms with Gasteiger partial charge < -0.3 is 4.74 Å². The predicted octanol–water partition coefficient (Wildman–Crippen LogP) is 3.28. The molecule has 1 aromatic carbocycles. The maximum absolute atomic E-state index is 5.71. The first-order chi connectivity index (χ1) is 9.35. The number of benzene rings is 1. The largest absolute Gasteiger partial charge is 0.494 e. The number of nitrogens with two attached hydrogens (primary N) is 1. The highest BCUT2D eigenvalue weighted by atomic mass is 32.1. The molecule has 0 aliphatic heterocycles. The number of rotatable bonds is 7. The number of ether oxygens (including phenoxy) is 1. The third-order valence-electron chi connectivity index (χ3n) is 3.05. The first kappa shape index (κ1) is 14.1. The zero-order valence-corrected chi connectivity index (χ0v) is 12.0. The Hall–Kier alpha value is -1.36. The SMILES string of the molecule is CCOc1ccccc1C(CCc1cccs1)NN. The molecule has 1 aromatic heterocycles. The van der Waals surface area contributed by atoms with Crippen LogP contribution >= 0.6 is 11.3 Å². The topological polar surface area (TPSA) is 47.3 Å². The summed E-state index contributed by atoms with van der Waals surface area (Å²) in [6, 6.07) is 12.4. The molecule has 0 bridgehead atoms. The van der Waals surface area contributed by atoms with Gasteiger partial charge in [-0.3, -0.25) is 11.3 Å². The van der Waals surface area contributed by atoms with Crippen molar-refractivity contribution in [3.05, 3.63) is 52.2 Å². The van der Waals surface area contributed by atoms with E-state index in [1.54, 1.807) is 11.3 Å². The molecule has 0 amide bonds. The van der Waals surface area contributed by atoms with E-state index in [0.717, 1.165) is 24.2 Å². The fraction of sp³-hybridized carbons (Fsp3) is 0.333. The van der Waals surface area contributed by atoms with Gasteiger partial charge in [-0.05, 0) is 37.3 Å². The lowest BCUT2D eigenvalue weighted by Gasteiger charge is -2.19. The van der Waals surface area contributed by atoms with Crippen LogP contribution in [0, 0.1) is 0 Å². The second kappa shape index (κ2) is 7.28. The number of thiophene rings is 1. The average molecular weight is 276 g/mol. The molecule has 0 aliphatic carbocycles. The van der Waals surface area contributed by atoms with Crippen molar-refractivity contribution in [1.82, 2.24) is 5.43 Å². The number of hydrogen-bond acceptors (Lipinski definition) is 4. The van der Waals surface area contributed by atoms with Crippen LogP contribution < -0.4 is 16.0 Å². The Kier molecular flexibility index (Phi) is 5.39. The van der Waals surface area contributed by atoms with Crippen molar-refractivity contribution in [3.63, 3.8) is 0 Å². The Morgan fingerprint density at radius 1 is 1.26 bits per heavy atom. The maximum Gasteiger partial charge on any atom is 0.124 e. The molecule has 102 valence electrons. The lowest BCUT2D eigenvalue weighted by Crippen LogP contribution is -2.28. The zero-order valence-electron chi connectivity index (χ0n) is 11.1. The molecule has 1 unspecified atom stereocenters. The van der Waals surface area contributed by atoms with Crippen molar-refractivity contribution in [2.75, 3.05) is 6.61 Å². The molecule has 2 rings (SSSR count). The monoisotopic (exact) mass is 276 g/mol. The summed E-state index contributed by atoms with van der Waals surface area (Å²) in [6.07, 6.45) is 1.98. The minimum atomic E-state index is 0.116. The second-order valence-corrected chi connectivity index (χ2v) is 5.34. The van der Waals surface area contributed by atoms with Gasteiger partial charge in [0.05, 0.1) is 6.61 Å². The van der Waals surface area contributed by atoms with Gasteiger partial charge in [0.2, 0.25) is 0 Å². The summed E-state index contributed by atoms with van der Waals surface area (Å²) in [4.78, 5) is 1.38. The summed E-state index contributed by atoms with van der Waals surface area (Å²) in [5.41, 5.74) is 4.03. The van der Waals surface area contributed by atoms with Crippen molar-refractivity contribution in [1.29, 1.82) is 0 Å².